The van der Waals surface area contributed by atoms with Gasteiger partial charge in [0.2, 0.25) is 0 Å². The maximum Gasteiger partial charge on any atom is 0.150 e. The van der Waals surface area contributed by atoms with E-state index >= 15 is 0 Å². The number of halogens is 1. The summed E-state index contributed by atoms with van der Waals surface area (Å²) in [6.07, 6.45) is 5.10. The van der Waals surface area contributed by atoms with Crippen LogP contribution in [-0.2, 0) is 0 Å². The van der Waals surface area contributed by atoms with E-state index in [9.17, 15) is 9.18 Å². The highest BCUT2D eigenvalue weighted by molar-refractivity contribution is 5.78. The molecule has 2 rings (SSSR count). The van der Waals surface area contributed by atoms with Gasteiger partial charge in [0.25, 0.3) is 0 Å². The molecule has 0 saturated carbocycles. The van der Waals surface area contributed by atoms with Crippen LogP contribution in [0.3, 0.4) is 0 Å². The number of carbonyl (C=O) groups excluding carboxylic acids is 1. The molecular formula is C11H7FN2O. The molecule has 0 N–H and O–H groups in total. The second kappa shape index (κ2) is 3.96. The van der Waals surface area contributed by atoms with Crippen LogP contribution in [0, 0.1) is 5.82 Å². The maximum atomic E-state index is 13.4. The van der Waals surface area contributed by atoms with Gasteiger partial charge in [0.1, 0.15) is 12.1 Å². The standard InChI is InChI=1S/C11H7FN2O/c12-10-2-1-8(7-15)5-9(10)11-6-13-3-4-14-11/h1-7H. The van der Waals surface area contributed by atoms with Crippen LogP contribution in [0.5, 0.6) is 0 Å². The van der Waals surface area contributed by atoms with Gasteiger partial charge in [-0.2, -0.15) is 0 Å². The predicted octanol–water partition coefficient (Wildman–Crippen LogP) is 2.10. The van der Waals surface area contributed by atoms with Crippen molar-refractivity contribution in [3.63, 3.8) is 0 Å². The molecule has 0 spiro atoms. The van der Waals surface area contributed by atoms with E-state index < -0.39 is 5.82 Å². The Morgan fingerprint density at radius 3 is 2.80 bits per heavy atom. The monoisotopic (exact) mass is 202 g/mol. The quantitative estimate of drug-likeness (QED) is 0.700. The average Bonchev–Trinajstić information content (AvgIpc) is 2.31. The zero-order valence-electron chi connectivity index (χ0n) is 7.72. The Morgan fingerprint density at radius 2 is 2.13 bits per heavy atom. The largest absolute Gasteiger partial charge is 0.298 e. The highest BCUT2D eigenvalue weighted by Crippen LogP contribution is 2.20. The zero-order chi connectivity index (χ0) is 10.7. The third-order valence-corrected chi connectivity index (χ3v) is 1.97. The number of carbonyl (C=O) groups is 1. The highest BCUT2D eigenvalue weighted by atomic mass is 19.1. The Hall–Kier alpha value is -2.10. The van der Waals surface area contributed by atoms with E-state index in [-0.39, 0.29) is 5.56 Å². The first-order valence-corrected chi connectivity index (χ1v) is 4.32. The lowest BCUT2D eigenvalue weighted by Crippen LogP contribution is -1.90. The van der Waals surface area contributed by atoms with Crippen LogP contribution >= 0.6 is 0 Å². The van der Waals surface area contributed by atoms with Gasteiger partial charge in [-0.05, 0) is 18.2 Å². The first-order chi connectivity index (χ1) is 7.31. The second-order valence-corrected chi connectivity index (χ2v) is 2.95. The molecule has 74 valence electrons. The van der Waals surface area contributed by atoms with Gasteiger partial charge in [-0.3, -0.25) is 14.8 Å². The van der Waals surface area contributed by atoms with Gasteiger partial charge in [-0.1, -0.05) is 0 Å². The summed E-state index contributed by atoms with van der Waals surface area (Å²) >= 11 is 0. The minimum absolute atomic E-state index is 0.285. The van der Waals surface area contributed by atoms with E-state index in [1.165, 1.54) is 36.8 Å². The normalized spacial score (nSPS) is 9.93. The number of aromatic nitrogens is 2. The van der Waals surface area contributed by atoms with Crippen molar-refractivity contribution in [2.24, 2.45) is 0 Å². The Labute approximate surface area is 85.6 Å². The summed E-state index contributed by atoms with van der Waals surface area (Å²) in [5.41, 5.74) is 1.11. The van der Waals surface area contributed by atoms with E-state index in [1.807, 2.05) is 0 Å². The third-order valence-electron chi connectivity index (χ3n) is 1.97. The minimum Gasteiger partial charge on any atom is -0.298 e. The molecule has 0 amide bonds. The Kier molecular flexibility index (Phi) is 2.49. The molecule has 1 aromatic carbocycles. The molecule has 2 aromatic rings. The molecular weight excluding hydrogens is 195 g/mol. The van der Waals surface area contributed by atoms with Crippen LogP contribution in [-0.4, -0.2) is 16.3 Å². The Balaban J connectivity index is 2.57. The van der Waals surface area contributed by atoms with Crippen LogP contribution in [0.1, 0.15) is 10.4 Å². The fourth-order valence-corrected chi connectivity index (χ4v) is 1.25. The van der Waals surface area contributed by atoms with E-state index in [2.05, 4.69) is 9.97 Å². The molecule has 0 aliphatic heterocycles. The topological polar surface area (TPSA) is 42.9 Å². The molecule has 0 aliphatic carbocycles. The van der Waals surface area contributed by atoms with Gasteiger partial charge in [0, 0.05) is 23.5 Å². The molecule has 1 heterocycles. The van der Waals surface area contributed by atoms with Crippen molar-refractivity contribution in [1.82, 2.24) is 9.97 Å². The zero-order valence-corrected chi connectivity index (χ0v) is 7.72. The minimum atomic E-state index is -0.416. The summed E-state index contributed by atoms with van der Waals surface area (Å²) in [4.78, 5) is 18.3. The first-order valence-electron chi connectivity index (χ1n) is 4.32. The number of hydrogen-bond donors (Lipinski definition) is 0. The molecule has 0 radical (unpaired) electrons. The van der Waals surface area contributed by atoms with E-state index in [0.29, 0.717) is 17.5 Å². The van der Waals surface area contributed by atoms with Crippen LogP contribution < -0.4 is 0 Å². The lowest BCUT2D eigenvalue weighted by Gasteiger charge is -2.01. The van der Waals surface area contributed by atoms with Gasteiger partial charge < -0.3 is 0 Å². The molecule has 0 unspecified atom stereocenters. The molecule has 15 heavy (non-hydrogen) atoms. The van der Waals surface area contributed by atoms with Crippen molar-refractivity contribution in [2.45, 2.75) is 0 Å². The third kappa shape index (κ3) is 1.88. The Morgan fingerprint density at radius 1 is 1.27 bits per heavy atom. The summed E-state index contributed by atoms with van der Waals surface area (Å²) in [5, 5.41) is 0. The van der Waals surface area contributed by atoms with Gasteiger partial charge in [0.15, 0.2) is 0 Å². The van der Waals surface area contributed by atoms with Crippen molar-refractivity contribution >= 4 is 6.29 Å². The van der Waals surface area contributed by atoms with E-state index in [1.54, 1.807) is 0 Å². The van der Waals surface area contributed by atoms with Gasteiger partial charge >= 0.3 is 0 Å². The molecule has 0 atom stereocenters. The maximum absolute atomic E-state index is 13.4. The fraction of sp³-hybridized carbons (Fsp3) is 0. The summed E-state index contributed by atoms with van der Waals surface area (Å²) in [6.45, 7) is 0. The molecule has 1 aromatic heterocycles. The fourth-order valence-electron chi connectivity index (χ4n) is 1.25. The Bertz CT molecular complexity index is 485. The van der Waals surface area contributed by atoms with Crippen molar-refractivity contribution in [1.29, 1.82) is 0 Å². The lowest BCUT2D eigenvalue weighted by molar-refractivity contribution is 0.112. The lowest BCUT2D eigenvalue weighted by atomic mass is 10.1. The van der Waals surface area contributed by atoms with Crippen molar-refractivity contribution in [3.8, 4) is 11.3 Å². The molecule has 3 nitrogen and oxygen atoms in total. The number of nitrogens with zero attached hydrogens (tertiary/aromatic N) is 2. The van der Waals surface area contributed by atoms with Gasteiger partial charge in [-0.15, -0.1) is 0 Å². The molecule has 0 saturated heterocycles. The van der Waals surface area contributed by atoms with Crippen molar-refractivity contribution in [3.05, 3.63) is 48.2 Å². The van der Waals surface area contributed by atoms with Crippen LogP contribution in [0.4, 0.5) is 4.39 Å². The van der Waals surface area contributed by atoms with E-state index in [4.69, 9.17) is 0 Å². The number of aldehydes is 1. The van der Waals surface area contributed by atoms with Crippen LogP contribution in [0.2, 0.25) is 0 Å². The molecule has 0 aliphatic rings. The SMILES string of the molecule is O=Cc1ccc(F)c(-c2cnccn2)c1. The van der Waals surface area contributed by atoms with Crippen molar-refractivity contribution < 1.29 is 9.18 Å². The molecule has 4 heteroatoms. The summed E-state index contributed by atoms with van der Waals surface area (Å²) in [5.74, 6) is -0.416. The number of rotatable bonds is 2. The second-order valence-electron chi connectivity index (χ2n) is 2.95. The summed E-state index contributed by atoms with van der Waals surface area (Å²) < 4.78 is 13.4. The smallest absolute Gasteiger partial charge is 0.150 e. The average molecular weight is 202 g/mol. The summed E-state index contributed by atoms with van der Waals surface area (Å²) in [6, 6.07) is 4.11. The number of benzene rings is 1. The first kappa shape index (κ1) is 9.45. The van der Waals surface area contributed by atoms with E-state index in [0.717, 1.165) is 0 Å². The molecule has 0 bridgehead atoms. The van der Waals surface area contributed by atoms with Crippen molar-refractivity contribution in [2.75, 3.05) is 0 Å². The highest BCUT2D eigenvalue weighted by Gasteiger charge is 2.06. The predicted molar refractivity (Wildman–Crippen MR) is 52.8 cm³/mol. The molecule has 0 fully saturated rings. The number of hydrogen-bond acceptors (Lipinski definition) is 3. The summed E-state index contributed by atoms with van der Waals surface area (Å²) in [7, 11) is 0. The van der Waals surface area contributed by atoms with Gasteiger partial charge in [0.05, 0.1) is 11.9 Å². The van der Waals surface area contributed by atoms with Gasteiger partial charge in [-0.25, -0.2) is 4.39 Å². The van der Waals surface area contributed by atoms with Crippen LogP contribution in [0.25, 0.3) is 11.3 Å². The van der Waals surface area contributed by atoms with Crippen LogP contribution in [0.15, 0.2) is 36.8 Å².